The molecule has 2 rings (SSSR count). The molecule has 16 heavy (non-hydrogen) atoms. The SMILES string of the molecule is CCCOC(=O)c1cccc2c1OCCN2. The number of ether oxygens (including phenoxy) is 2. The zero-order chi connectivity index (χ0) is 11.4. The molecule has 0 aromatic heterocycles. The summed E-state index contributed by atoms with van der Waals surface area (Å²) in [7, 11) is 0. The molecule has 0 bridgehead atoms. The zero-order valence-electron chi connectivity index (χ0n) is 9.29. The van der Waals surface area contributed by atoms with Gasteiger partial charge < -0.3 is 14.8 Å². The fourth-order valence-electron chi connectivity index (χ4n) is 1.60. The molecule has 0 atom stereocenters. The van der Waals surface area contributed by atoms with E-state index in [9.17, 15) is 4.79 Å². The van der Waals surface area contributed by atoms with Crippen LogP contribution in [0, 0.1) is 0 Å². The van der Waals surface area contributed by atoms with E-state index in [0.29, 0.717) is 24.5 Å². The molecule has 1 aromatic rings. The topological polar surface area (TPSA) is 47.6 Å². The van der Waals surface area contributed by atoms with Crippen molar-refractivity contribution in [2.45, 2.75) is 13.3 Å². The maximum atomic E-state index is 11.7. The smallest absolute Gasteiger partial charge is 0.342 e. The molecule has 0 saturated carbocycles. The molecule has 0 radical (unpaired) electrons. The van der Waals surface area contributed by atoms with Crippen LogP contribution in [0.2, 0.25) is 0 Å². The summed E-state index contributed by atoms with van der Waals surface area (Å²) in [6.07, 6.45) is 0.819. The van der Waals surface area contributed by atoms with E-state index in [2.05, 4.69) is 5.32 Å². The molecule has 1 aliphatic heterocycles. The van der Waals surface area contributed by atoms with Gasteiger partial charge in [0.1, 0.15) is 12.2 Å². The second kappa shape index (κ2) is 4.88. The Morgan fingerprint density at radius 2 is 2.44 bits per heavy atom. The van der Waals surface area contributed by atoms with Crippen LogP contribution in [-0.4, -0.2) is 25.7 Å². The van der Waals surface area contributed by atoms with E-state index in [4.69, 9.17) is 9.47 Å². The third kappa shape index (κ3) is 2.10. The maximum Gasteiger partial charge on any atom is 0.342 e. The van der Waals surface area contributed by atoms with Crippen LogP contribution in [0.4, 0.5) is 5.69 Å². The van der Waals surface area contributed by atoms with Crippen molar-refractivity contribution in [1.82, 2.24) is 0 Å². The number of para-hydroxylation sites is 1. The Labute approximate surface area is 94.6 Å². The Morgan fingerprint density at radius 1 is 1.56 bits per heavy atom. The highest BCUT2D eigenvalue weighted by Crippen LogP contribution is 2.31. The second-order valence-corrected chi connectivity index (χ2v) is 3.59. The highest BCUT2D eigenvalue weighted by molar-refractivity contribution is 5.95. The Morgan fingerprint density at radius 3 is 3.25 bits per heavy atom. The molecule has 1 heterocycles. The third-order valence-corrected chi connectivity index (χ3v) is 2.34. The van der Waals surface area contributed by atoms with E-state index >= 15 is 0 Å². The van der Waals surface area contributed by atoms with E-state index in [1.807, 2.05) is 19.1 Å². The summed E-state index contributed by atoms with van der Waals surface area (Å²) >= 11 is 0. The van der Waals surface area contributed by atoms with Crippen molar-refractivity contribution in [2.24, 2.45) is 0 Å². The molecule has 0 aliphatic carbocycles. The van der Waals surface area contributed by atoms with Gasteiger partial charge in [0.15, 0.2) is 5.75 Å². The highest BCUT2D eigenvalue weighted by Gasteiger charge is 2.19. The molecule has 4 nitrogen and oxygen atoms in total. The van der Waals surface area contributed by atoms with Crippen molar-refractivity contribution in [3.05, 3.63) is 23.8 Å². The number of carbonyl (C=O) groups excluding carboxylic acids is 1. The van der Waals surface area contributed by atoms with Crippen LogP contribution >= 0.6 is 0 Å². The molecule has 1 aliphatic rings. The summed E-state index contributed by atoms with van der Waals surface area (Å²) in [5.41, 5.74) is 1.36. The number of hydrogen-bond donors (Lipinski definition) is 1. The van der Waals surface area contributed by atoms with Crippen LogP contribution in [0.1, 0.15) is 23.7 Å². The minimum Gasteiger partial charge on any atom is -0.489 e. The van der Waals surface area contributed by atoms with E-state index in [-0.39, 0.29) is 5.97 Å². The van der Waals surface area contributed by atoms with Crippen LogP contribution in [0.3, 0.4) is 0 Å². The lowest BCUT2D eigenvalue weighted by Crippen LogP contribution is -2.20. The Bertz CT molecular complexity index is 390. The van der Waals surface area contributed by atoms with Crippen molar-refractivity contribution in [3.63, 3.8) is 0 Å². The summed E-state index contributed by atoms with van der Waals surface area (Å²) in [6, 6.07) is 5.44. The fourth-order valence-corrected chi connectivity index (χ4v) is 1.60. The van der Waals surface area contributed by atoms with Gasteiger partial charge in [-0.1, -0.05) is 13.0 Å². The summed E-state index contributed by atoms with van der Waals surface area (Å²) in [4.78, 5) is 11.7. The first-order valence-corrected chi connectivity index (χ1v) is 5.49. The lowest BCUT2D eigenvalue weighted by molar-refractivity contribution is 0.0500. The molecular formula is C12H15NO3. The third-order valence-electron chi connectivity index (χ3n) is 2.34. The van der Waals surface area contributed by atoms with Crippen molar-refractivity contribution in [3.8, 4) is 5.75 Å². The number of rotatable bonds is 3. The minimum absolute atomic E-state index is 0.317. The molecule has 1 aromatic carbocycles. The summed E-state index contributed by atoms with van der Waals surface area (Å²) < 4.78 is 10.6. The Balaban J connectivity index is 2.23. The monoisotopic (exact) mass is 221 g/mol. The van der Waals surface area contributed by atoms with Gasteiger partial charge in [-0.2, -0.15) is 0 Å². The number of carbonyl (C=O) groups is 1. The van der Waals surface area contributed by atoms with E-state index in [1.165, 1.54) is 0 Å². The summed E-state index contributed by atoms with van der Waals surface area (Å²) in [6.45, 7) is 3.74. The summed E-state index contributed by atoms with van der Waals surface area (Å²) in [5, 5.41) is 3.18. The zero-order valence-corrected chi connectivity index (χ0v) is 9.29. The van der Waals surface area contributed by atoms with E-state index in [0.717, 1.165) is 18.7 Å². The fraction of sp³-hybridized carbons (Fsp3) is 0.417. The van der Waals surface area contributed by atoms with Gasteiger partial charge in [-0.25, -0.2) is 4.79 Å². The molecule has 1 N–H and O–H groups in total. The first-order chi connectivity index (χ1) is 7.83. The van der Waals surface area contributed by atoms with Crippen molar-refractivity contribution >= 4 is 11.7 Å². The van der Waals surface area contributed by atoms with Crippen molar-refractivity contribution < 1.29 is 14.3 Å². The van der Waals surface area contributed by atoms with Gasteiger partial charge in [-0.05, 0) is 18.6 Å². The molecule has 86 valence electrons. The lowest BCUT2D eigenvalue weighted by Gasteiger charge is -2.20. The number of hydrogen-bond acceptors (Lipinski definition) is 4. The van der Waals surface area contributed by atoms with Gasteiger partial charge >= 0.3 is 5.97 Å². The number of benzene rings is 1. The number of fused-ring (bicyclic) bond motifs is 1. The number of esters is 1. The van der Waals surface area contributed by atoms with Gasteiger partial charge in [-0.3, -0.25) is 0 Å². The van der Waals surface area contributed by atoms with Gasteiger partial charge in [0.25, 0.3) is 0 Å². The Kier molecular flexibility index (Phi) is 3.29. The molecule has 0 spiro atoms. The second-order valence-electron chi connectivity index (χ2n) is 3.59. The average Bonchev–Trinajstić information content (AvgIpc) is 2.35. The van der Waals surface area contributed by atoms with Crippen LogP contribution < -0.4 is 10.1 Å². The quantitative estimate of drug-likeness (QED) is 0.794. The predicted octanol–water partition coefficient (Wildman–Crippen LogP) is 2.06. The van der Waals surface area contributed by atoms with Crippen LogP contribution in [0.25, 0.3) is 0 Å². The molecule has 0 amide bonds. The van der Waals surface area contributed by atoms with Crippen molar-refractivity contribution in [2.75, 3.05) is 25.1 Å². The van der Waals surface area contributed by atoms with Gasteiger partial charge in [0.2, 0.25) is 0 Å². The minimum atomic E-state index is -0.317. The predicted molar refractivity (Wildman–Crippen MR) is 61.0 cm³/mol. The standard InChI is InChI=1S/C12H15NO3/c1-2-7-16-12(14)9-4-3-5-10-11(9)15-8-6-13-10/h3-5,13H,2,6-8H2,1H3. The molecule has 0 fully saturated rings. The number of nitrogens with one attached hydrogen (secondary N) is 1. The van der Waals surface area contributed by atoms with Gasteiger partial charge in [0, 0.05) is 6.54 Å². The largest absolute Gasteiger partial charge is 0.489 e. The first-order valence-electron chi connectivity index (χ1n) is 5.49. The molecule has 4 heteroatoms. The van der Waals surface area contributed by atoms with Gasteiger partial charge in [-0.15, -0.1) is 0 Å². The van der Waals surface area contributed by atoms with Crippen LogP contribution in [-0.2, 0) is 4.74 Å². The Hall–Kier alpha value is -1.71. The molecular weight excluding hydrogens is 206 g/mol. The first kappa shape index (κ1) is 10.8. The van der Waals surface area contributed by atoms with Gasteiger partial charge in [0.05, 0.1) is 12.3 Å². The van der Waals surface area contributed by atoms with Crippen molar-refractivity contribution in [1.29, 1.82) is 0 Å². The van der Waals surface area contributed by atoms with E-state index in [1.54, 1.807) is 6.07 Å². The highest BCUT2D eigenvalue weighted by atomic mass is 16.5. The average molecular weight is 221 g/mol. The summed E-state index contributed by atoms with van der Waals surface area (Å²) in [5.74, 6) is 0.289. The molecule has 0 unspecified atom stereocenters. The normalized spacial score (nSPS) is 13.3. The van der Waals surface area contributed by atoms with Crippen LogP contribution in [0.5, 0.6) is 5.75 Å². The number of anilines is 1. The lowest BCUT2D eigenvalue weighted by atomic mass is 10.1. The van der Waals surface area contributed by atoms with E-state index < -0.39 is 0 Å². The molecule has 0 saturated heterocycles. The maximum absolute atomic E-state index is 11.7. The van der Waals surface area contributed by atoms with Crippen LogP contribution in [0.15, 0.2) is 18.2 Å².